The summed E-state index contributed by atoms with van der Waals surface area (Å²) in [4.78, 5) is 21.8. The number of amides is 2. The van der Waals surface area contributed by atoms with Crippen LogP contribution in [0.3, 0.4) is 0 Å². The number of hydrogen-bond acceptors (Lipinski definition) is 2. The molecule has 0 aromatic heterocycles. The molecule has 0 rings (SSSR count). The Balaban J connectivity index is 3.47. The standard InChI is InChI=1S/C10H16N2O2/c1-3-5-9(13)11-7-8-12-10(14)6-4-2/h3-6H,7-8H2,1-2H3,(H,11,13)(H,12,14)/b5-3+,6-4+. The Kier molecular flexibility index (Phi) is 7.13. The van der Waals surface area contributed by atoms with Crippen LogP contribution in [-0.2, 0) is 9.59 Å². The lowest BCUT2D eigenvalue weighted by molar-refractivity contribution is -0.118. The second-order valence-electron chi connectivity index (χ2n) is 2.58. The zero-order valence-electron chi connectivity index (χ0n) is 8.54. The highest BCUT2D eigenvalue weighted by molar-refractivity contribution is 5.88. The second kappa shape index (κ2) is 8.04. The first-order valence-corrected chi connectivity index (χ1v) is 4.51. The molecular weight excluding hydrogens is 180 g/mol. The largest absolute Gasteiger partial charge is 0.351 e. The number of carbonyl (C=O) groups excluding carboxylic acids is 2. The maximum absolute atomic E-state index is 10.9. The van der Waals surface area contributed by atoms with Gasteiger partial charge in [-0.2, -0.15) is 0 Å². The highest BCUT2D eigenvalue weighted by atomic mass is 16.2. The minimum Gasteiger partial charge on any atom is -0.351 e. The van der Waals surface area contributed by atoms with Crippen LogP contribution < -0.4 is 10.6 Å². The molecule has 0 heterocycles. The lowest BCUT2D eigenvalue weighted by atomic mass is 10.4. The Hall–Kier alpha value is -1.58. The molecule has 2 amide bonds. The summed E-state index contributed by atoms with van der Waals surface area (Å²) in [5.41, 5.74) is 0. The molecule has 4 nitrogen and oxygen atoms in total. The number of carbonyl (C=O) groups is 2. The molecule has 0 saturated heterocycles. The first kappa shape index (κ1) is 12.4. The average molecular weight is 196 g/mol. The summed E-state index contributed by atoms with van der Waals surface area (Å²) in [5, 5.41) is 5.23. The molecular formula is C10H16N2O2. The minimum absolute atomic E-state index is 0.146. The van der Waals surface area contributed by atoms with E-state index in [1.807, 2.05) is 0 Å². The van der Waals surface area contributed by atoms with Gasteiger partial charge in [-0.25, -0.2) is 0 Å². The first-order chi connectivity index (χ1) is 6.70. The van der Waals surface area contributed by atoms with E-state index in [9.17, 15) is 9.59 Å². The van der Waals surface area contributed by atoms with Crippen molar-refractivity contribution in [1.82, 2.24) is 10.6 Å². The van der Waals surface area contributed by atoms with Crippen LogP contribution >= 0.6 is 0 Å². The van der Waals surface area contributed by atoms with Gasteiger partial charge in [-0.1, -0.05) is 12.2 Å². The molecule has 0 bridgehead atoms. The third kappa shape index (κ3) is 7.09. The summed E-state index contributed by atoms with van der Waals surface area (Å²) in [5.74, 6) is -0.291. The zero-order chi connectivity index (χ0) is 10.8. The van der Waals surface area contributed by atoms with E-state index in [0.717, 1.165) is 0 Å². The highest BCUT2D eigenvalue weighted by Crippen LogP contribution is 1.73. The van der Waals surface area contributed by atoms with Gasteiger partial charge in [0.2, 0.25) is 11.8 Å². The smallest absolute Gasteiger partial charge is 0.243 e. The summed E-state index contributed by atoms with van der Waals surface area (Å²) < 4.78 is 0. The normalized spacial score (nSPS) is 10.7. The Morgan fingerprint density at radius 2 is 1.29 bits per heavy atom. The summed E-state index contributed by atoms with van der Waals surface area (Å²) in [6.45, 7) is 4.42. The topological polar surface area (TPSA) is 58.2 Å². The molecule has 78 valence electrons. The van der Waals surface area contributed by atoms with Gasteiger partial charge < -0.3 is 10.6 Å². The SMILES string of the molecule is C/C=C/C(=O)NCCNC(=O)/C=C/C. The molecule has 0 radical (unpaired) electrons. The van der Waals surface area contributed by atoms with E-state index in [1.165, 1.54) is 12.2 Å². The molecule has 0 saturated carbocycles. The number of hydrogen-bond donors (Lipinski definition) is 2. The van der Waals surface area contributed by atoms with E-state index in [4.69, 9.17) is 0 Å². The molecule has 2 N–H and O–H groups in total. The highest BCUT2D eigenvalue weighted by Gasteiger charge is 1.95. The van der Waals surface area contributed by atoms with Gasteiger partial charge in [-0.05, 0) is 26.0 Å². The molecule has 0 spiro atoms. The fourth-order valence-electron chi connectivity index (χ4n) is 0.792. The van der Waals surface area contributed by atoms with Crippen molar-refractivity contribution in [2.75, 3.05) is 13.1 Å². The van der Waals surface area contributed by atoms with Gasteiger partial charge in [0.15, 0.2) is 0 Å². The number of allylic oxidation sites excluding steroid dienone is 2. The third-order valence-electron chi connectivity index (χ3n) is 1.36. The van der Waals surface area contributed by atoms with E-state index >= 15 is 0 Å². The van der Waals surface area contributed by atoms with Gasteiger partial charge in [0.25, 0.3) is 0 Å². The molecule has 0 aliphatic heterocycles. The average Bonchev–Trinajstić information content (AvgIpc) is 2.13. The van der Waals surface area contributed by atoms with Gasteiger partial charge in [0.1, 0.15) is 0 Å². The molecule has 0 aromatic rings. The van der Waals surface area contributed by atoms with E-state index in [0.29, 0.717) is 13.1 Å². The maximum Gasteiger partial charge on any atom is 0.243 e. The Labute approximate surface area is 84.1 Å². The Morgan fingerprint density at radius 1 is 0.929 bits per heavy atom. The van der Waals surface area contributed by atoms with Crippen molar-refractivity contribution in [2.45, 2.75) is 13.8 Å². The Morgan fingerprint density at radius 3 is 1.57 bits per heavy atom. The molecule has 0 unspecified atom stereocenters. The van der Waals surface area contributed by atoms with Crippen LogP contribution in [0, 0.1) is 0 Å². The fourth-order valence-corrected chi connectivity index (χ4v) is 0.792. The zero-order valence-corrected chi connectivity index (χ0v) is 8.54. The van der Waals surface area contributed by atoms with Crippen molar-refractivity contribution in [3.05, 3.63) is 24.3 Å². The first-order valence-electron chi connectivity index (χ1n) is 4.51. The van der Waals surface area contributed by atoms with Crippen LogP contribution in [0.1, 0.15) is 13.8 Å². The Bertz CT molecular complexity index is 219. The quantitative estimate of drug-likeness (QED) is 0.493. The van der Waals surface area contributed by atoms with Crippen LogP contribution in [0.4, 0.5) is 0 Å². The van der Waals surface area contributed by atoms with Crippen LogP contribution in [-0.4, -0.2) is 24.9 Å². The van der Waals surface area contributed by atoms with Gasteiger partial charge in [0, 0.05) is 13.1 Å². The fraction of sp³-hybridized carbons (Fsp3) is 0.400. The number of nitrogens with one attached hydrogen (secondary N) is 2. The summed E-state index contributed by atoms with van der Waals surface area (Å²) in [7, 11) is 0. The van der Waals surface area contributed by atoms with Crippen molar-refractivity contribution in [3.8, 4) is 0 Å². The third-order valence-corrected chi connectivity index (χ3v) is 1.36. The molecule has 4 heteroatoms. The lowest BCUT2D eigenvalue weighted by Gasteiger charge is -2.02. The molecule has 0 aromatic carbocycles. The molecule has 0 aliphatic carbocycles. The lowest BCUT2D eigenvalue weighted by Crippen LogP contribution is -2.33. The molecule has 0 atom stereocenters. The van der Waals surface area contributed by atoms with Crippen molar-refractivity contribution in [3.63, 3.8) is 0 Å². The maximum atomic E-state index is 10.9. The monoisotopic (exact) mass is 196 g/mol. The predicted octanol–water partition coefficient (Wildman–Crippen LogP) is 0.371. The second-order valence-corrected chi connectivity index (χ2v) is 2.58. The van der Waals surface area contributed by atoms with Crippen molar-refractivity contribution < 1.29 is 9.59 Å². The minimum atomic E-state index is -0.146. The van der Waals surface area contributed by atoms with Crippen molar-refractivity contribution in [1.29, 1.82) is 0 Å². The van der Waals surface area contributed by atoms with Gasteiger partial charge >= 0.3 is 0 Å². The predicted molar refractivity (Wildman–Crippen MR) is 55.6 cm³/mol. The van der Waals surface area contributed by atoms with E-state index in [1.54, 1.807) is 26.0 Å². The summed E-state index contributed by atoms with van der Waals surface area (Å²) in [6.07, 6.45) is 6.20. The van der Waals surface area contributed by atoms with E-state index < -0.39 is 0 Å². The van der Waals surface area contributed by atoms with Crippen molar-refractivity contribution in [2.24, 2.45) is 0 Å². The molecule has 0 aliphatic rings. The van der Waals surface area contributed by atoms with Gasteiger partial charge in [0.05, 0.1) is 0 Å². The van der Waals surface area contributed by atoms with Crippen LogP contribution in [0.2, 0.25) is 0 Å². The van der Waals surface area contributed by atoms with Gasteiger partial charge in [-0.15, -0.1) is 0 Å². The van der Waals surface area contributed by atoms with Crippen LogP contribution in [0.15, 0.2) is 24.3 Å². The molecule has 0 fully saturated rings. The van der Waals surface area contributed by atoms with Gasteiger partial charge in [-0.3, -0.25) is 9.59 Å². The summed E-state index contributed by atoms with van der Waals surface area (Å²) >= 11 is 0. The number of rotatable bonds is 5. The van der Waals surface area contributed by atoms with E-state index in [2.05, 4.69) is 10.6 Å². The molecule has 14 heavy (non-hydrogen) atoms. The van der Waals surface area contributed by atoms with Crippen molar-refractivity contribution >= 4 is 11.8 Å². The van der Waals surface area contributed by atoms with Crippen LogP contribution in [0.25, 0.3) is 0 Å². The van der Waals surface area contributed by atoms with E-state index in [-0.39, 0.29) is 11.8 Å². The van der Waals surface area contributed by atoms with Crippen LogP contribution in [0.5, 0.6) is 0 Å². The summed E-state index contributed by atoms with van der Waals surface area (Å²) in [6, 6.07) is 0.